The zero-order chi connectivity index (χ0) is 23.0. The summed E-state index contributed by atoms with van der Waals surface area (Å²) < 4.78 is 36.7. The molecule has 178 valence electrons. The summed E-state index contributed by atoms with van der Waals surface area (Å²) >= 11 is 0. The van der Waals surface area contributed by atoms with Crippen LogP contribution < -0.4 is 9.64 Å². The number of piperidine rings is 1. The minimum atomic E-state index is -3.15. The number of ether oxygens (including phenoxy) is 1. The monoisotopic (exact) mass is 473 g/mol. The van der Waals surface area contributed by atoms with Gasteiger partial charge in [-0.2, -0.15) is 9.29 Å². The standard InChI is InChI=1S/C23H31N5O4S/c1-3-4-22-25-23(32-26-22)27-9-5-17(6-10-27)20-14-18-13-19(24-15-21(18)31-20)16-7-11-28(12-8-16)33(2,29)30/h7,13,15,17,20H,3-6,8-12,14H2,1-2H3. The molecular formula is C23H31N5O4S. The third-order valence-corrected chi connectivity index (χ3v) is 8.15. The number of anilines is 1. The van der Waals surface area contributed by atoms with E-state index in [9.17, 15) is 8.42 Å². The Balaban J connectivity index is 1.19. The molecule has 0 amide bonds. The van der Waals surface area contributed by atoms with Gasteiger partial charge in [-0.1, -0.05) is 18.2 Å². The molecule has 1 unspecified atom stereocenters. The summed E-state index contributed by atoms with van der Waals surface area (Å²) in [5, 5.41) is 4.07. The predicted octanol–water partition coefficient (Wildman–Crippen LogP) is 2.69. The molecule has 5 heterocycles. The molecule has 0 spiro atoms. The second-order valence-corrected chi connectivity index (χ2v) is 11.2. The molecule has 0 saturated carbocycles. The highest BCUT2D eigenvalue weighted by molar-refractivity contribution is 7.88. The topological polar surface area (TPSA) is 102 Å². The first-order chi connectivity index (χ1) is 15.9. The average molecular weight is 474 g/mol. The van der Waals surface area contributed by atoms with Gasteiger partial charge in [0.05, 0.1) is 18.1 Å². The van der Waals surface area contributed by atoms with Gasteiger partial charge in [-0.05, 0) is 43.2 Å². The quantitative estimate of drug-likeness (QED) is 0.631. The molecule has 33 heavy (non-hydrogen) atoms. The summed E-state index contributed by atoms with van der Waals surface area (Å²) in [6, 6.07) is 2.76. The molecule has 3 aliphatic rings. The second-order valence-electron chi connectivity index (χ2n) is 9.21. The fourth-order valence-corrected chi connectivity index (χ4v) is 5.72. The van der Waals surface area contributed by atoms with Crippen LogP contribution >= 0.6 is 0 Å². The maximum Gasteiger partial charge on any atom is 0.324 e. The number of nitrogens with zero attached hydrogens (tertiary/aromatic N) is 5. The van der Waals surface area contributed by atoms with Crippen LogP contribution in [0.1, 0.15) is 49.7 Å². The molecule has 9 nitrogen and oxygen atoms in total. The third-order valence-electron chi connectivity index (χ3n) is 6.88. The van der Waals surface area contributed by atoms with Gasteiger partial charge < -0.3 is 14.2 Å². The van der Waals surface area contributed by atoms with Gasteiger partial charge in [0.15, 0.2) is 5.82 Å². The first kappa shape index (κ1) is 22.3. The number of rotatable bonds is 6. The number of hydrogen-bond donors (Lipinski definition) is 0. The summed E-state index contributed by atoms with van der Waals surface area (Å²) in [5.74, 6) is 2.14. The fraction of sp³-hybridized carbons (Fsp3) is 0.609. The highest BCUT2D eigenvalue weighted by Crippen LogP contribution is 2.37. The molecule has 2 aromatic heterocycles. The van der Waals surface area contributed by atoms with E-state index >= 15 is 0 Å². The van der Waals surface area contributed by atoms with E-state index in [-0.39, 0.29) is 6.10 Å². The highest BCUT2D eigenvalue weighted by atomic mass is 32.2. The lowest BCUT2D eigenvalue weighted by Gasteiger charge is -2.33. The van der Waals surface area contributed by atoms with Crippen molar-refractivity contribution in [1.82, 2.24) is 19.4 Å². The molecular weight excluding hydrogens is 442 g/mol. The molecule has 0 radical (unpaired) electrons. The number of aromatic nitrogens is 3. The minimum absolute atomic E-state index is 0.165. The summed E-state index contributed by atoms with van der Waals surface area (Å²) in [7, 11) is -3.15. The first-order valence-corrected chi connectivity index (χ1v) is 13.6. The van der Waals surface area contributed by atoms with Gasteiger partial charge in [0.2, 0.25) is 10.0 Å². The van der Waals surface area contributed by atoms with Crippen molar-refractivity contribution in [3.63, 3.8) is 0 Å². The molecule has 10 heteroatoms. The Kier molecular flexibility index (Phi) is 6.13. The van der Waals surface area contributed by atoms with Gasteiger partial charge in [-0.3, -0.25) is 4.98 Å². The first-order valence-electron chi connectivity index (χ1n) is 11.8. The van der Waals surface area contributed by atoms with E-state index in [1.165, 1.54) is 16.1 Å². The number of pyridine rings is 1. The van der Waals surface area contributed by atoms with Crippen molar-refractivity contribution in [2.75, 3.05) is 37.3 Å². The van der Waals surface area contributed by atoms with Crippen LogP contribution in [0.3, 0.4) is 0 Å². The van der Waals surface area contributed by atoms with Crippen LogP contribution in [-0.4, -0.2) is 66.4 Å². The van der Waals surface area contributed by atoms with Crippen LogP contribution in [0.15, 0.2) is 22.9 Å². The van der Waals surface area contributed by atoms with Crippen LogP contribution in [0.5, 0.6) is 5.75 Å². The van der Waals surface area contributed by atoms with Gasteiger partial charge in [0.25, 0.3) is 0 Å². The Morgan fingerprint density at radius 1 is 1.21 bits per heavy atom. The second kappa shape index (κ2) is 9.06. The van der Waals surface area contributed by atoms with Crippen LogP contribution in [-0.2, 0) is 22.9 Å². The minimum Gasteiger partial charge on any atom is -0.488 e. The third kappa shape index (κ3) is 4.77. The summed E-state index contributed by atoms with van der Waals surface area (Å²) in [4.78, 5) is 11.3. The van der Waals surface area contributed by atoms with Crippen LogP contribution in [0.25, 0.3) is 5.57 Å². The van der Waals surface area contributed by atoms with E-state index in [1.54, 1.807) is 0 Å². The van der Waals surface area contributed by atoms with Gasteiger partial charge in [0, 0.05) is 44.6 Å². The summed E-state index contributed by atoms with van der Waals surface area (Å²) in [6.45, 7) is 4.80. The lowest BCUT2D eigenvalue weighted by Crippen LogP contribution is -2.39. The highest BCUT2D eigenvalue weighted by Gasteiger charge is 2.34. The Bertz CT molecular complexity index is 1140. The Morgan fingerprint density at radius 3 is 2.73 bits per heavy atom. The van der Waals surface area contributed by atoms with Crippen molar-refractivity contribution in [1.29, 1.82) is 0 Å². The average Bonchev–Trinajstić information content (AvgIpc) is 3.46. The van der Waals surface area contributed by atoms with Crippen LogP contribution in [0, 0.1) is 5.92 Å². The van der Waals surface area contributed by atoms with E-state index < -0.39 is 10.0 Å². The van der Waals surface area contributed by atoms with Crippen molar-refractivity contribution in [2.24, 2.45) is 5.92 Å². The van der Waals surface area contributed by atoms with Gasteiger partial charge in [-0.25, -0.2) is 8.42 Å². The van der Waals surface area contributed by atoms with E-state index in [0.717, 1.165) is 68.0 Å². The van der Waals surface area contributed by atoms with Crippen molar-refractivity contribution in [3.05, 3.63) is 35.4 Å². The maximum absolute atomic E-state index is 11.7. The number of aryl methyl sites for hydroxylation is 1. The number of fused-ring (bicyclic) bond motifs is 1. The normalized spacial score (nSPS) is 22.2. The van der Waals surface area contributed by atoms with Crippen molar-refractivity contribution >= 4 is 21.6 Å². The Morgan fingerprint density at radius 2 is 2.03 bits per heavy atom. The van der Waals surface area contributed by atoms with Gasteiger partial charge in [-0.15, -0.1) is 0 Å². The molecule has 2 aromatic rings. The maximum atomic E-state index is 11.7. The smallest absolute Gasteiger partial charge is 0.324 e. The lowest BCUT2D eigenvalue weighted by atomic mass is 9.89. The summed E-state index contributed by atoms with van der Waals surface area (Å²) in [6.07, 6.45) is 10.7. The molecule has 0 aliphatic carbocycles. The molecule has 5 rings (SSSR count). The van der Waals surface area contributed by atoms with Crippen LogP contribution in [0.2, 0.25) is 0 Å². The predicted molar refractivity (Wildman–Crippen MR) is 125 cm³/mol. The van der Waals surface area contributed by atoms with Crippen molar-refractivity contribution in [2.45, 2.75) is 51.6 Å². The van der Waals surface area contributed by atoms with Crippen molar-refractivity contribution in [3.8, 4) is 5.75 Å². The zero-order valence-corrected chi connectivity index (χ0v) is 20.1. The lowest BCUT2D eigenvalue weighted by molar-refractivity contribution is 0.137. The number of hydrogen-bond acceptors (Lipinski definition) is 8. The molecule has 1 atom stereocenters. The largest absolute Gasteiger partial charge is 0.488 e. The van der Waals surface area contributed by atoms with E-state index in [2.05, 4.69) is 33.0 Å². The molecule has 0 bridgehead atoms. The number of sulfonamides is 1. The van der Waals surface area contributed by atoms with E-state index in [4.69, 9.17) is 9.26 Å². The molecule has 1 saturated heterocycles. The van der Waals surface area contributed by atoms with E-state index in [0.29, 0.717) is 31.4 Å². The van der Waals surface area contributed by atoms with E-state index in [1.807, 2.05) is 12.3 Å². The van der Waals surface area contributed by atoms with Crippen molar-refractivity contribution < 1.29 is 17.7 Å². The molecule has 0 aromatic carbocycles. The van der Waals surface area contributed by atoms with Gasteiger partial charge >= 0.3 is 6.01 Å². The fourth-order valence-electron chi connectivity index (χ4n) is 4.96. The molecule has 1 fully saturated rings. The Labute approximate surface area is 194 Å². The Hall–Kier alpha value is -2.46. The molecule has 3 aliphatic heterocycles. The zero-order valence-electron chi connectivity index (χ0n) is 19.2. The molecule has 0 N–H and O–H groups in total. The van der Waals surface area contributed by atoms with Crippen LogP contribution in [0.4, 0.5) is 6.01 Å². The SMILES string of the molecule is CCCc1noc(N2CCC(C3Cc4cc(C5=CCN(S(C)(=O)=O)CC5)ncc4O3)CC2)n1. The van der Waals surface area contributed by atoms with Gasteiger partial charge in [0.1, 0.15) is 11.9 Å². The summed E-state index contributed by atoms with van der Waals surface area (Å²) in [5.41, 5.74) is 3.23.